The molecule has 0 fully saturated rings. The fourth-order valence-corrected chi connectivity index (χ4v) is 1.79. The monoisotopic (exact) mass is 266 g/mol. The van der Waals surface area contributed by atoms with Gasteiger partial charge in [-0.05, 0) is 29.8 Å². The maximum absolute atomic E-state index is 5.93. The summed E-state index contributed by atoms with van der Waals surface area (Å²) >= 11 is 11.8. The zero-order chi connectivity index (χ0) is 12.3. The first-order chi connectivity index (χ1) is 8.16. The van der Waals surface area contributed by atoms with Gasteiger partial charge in [0.25, 0.3) is 0 Å². The number of para-hydroxylation sites is 1. The molecule has 3 N–H and O–H groups in total. The van der Waals surface area contributed by atoms with E-state index in [4.69, 9.17) is 28.9 Å². The van der Waals surface area contributed by atoms with Crippen molar-refractivity contribution < 1.29 is 0 Å². The number of hydrogen-bond acceptors (Lipinski definition) is 2. The van der Waals surface area contributed by atoms with E-state index in [1.54, 1.807) is 6.07 Å². The molecule has 0 spiro atoms. The minimum absolute atomic E-state index is 0.561. The third-order valence-corrected chi connectivity index (χ3v) is 3.03. The smallest absolute Gasteiger partial charge is 0.0739 e. The summed E-state index contributed by atoms with van der Waals surface area (Å²) in [6.07, 6.45) is 0. The Morgan fingerprint density at radius 2 is 1.71 bits per heavy atom. The molecule has 0 aliphatic rings. The van der Waals surface area contributed by atoms with Gasteiger partial charge in [-0.1, -0.05) is 41.4 Å². The molecular formula is C13H12Cl2N2. The Labute approximate surface area is 110 Å². The van der Waals surface area contributed by atoms with Gasteiger partial charge in [0.05, 0.1) is 16.4 Å². The number of halogens is 2. The van der Waals surface area contributed by atoms with E-state index in [9.17, 15) is 0 Å². The molecule has 17 heavy (non-hydrogen) atoms. The molecule has 0 bridgehead atoms. The summed E-state index contributed by atoms with van der Waals surface area (Å²) in [5.74, 6) is 0. The van der Waals surface area contributed by atoms with Crippen molar-refractivity contribution in [2.45, 2.75) is 6.54 Å². The Morgan fingerprint density at radius 3 is 2.41 bits per heavy atom. The highest BCUT2D eigenvalue weighted by Gasteiger charge is 2.02. The topological polar surface area (TPSA) is 38.0 Å². The van der Waals surface area contributed by atoms with Crippen LogP contribution in [0.2, 0.25) is 10.0 Å². The van der Waals surface area contributed by atoms with Crippen LogP contribution in [0.4, 0.5) is 11.4 Å². The Kier molecular flexibility index (Phi) is 3.77. The zero-order valence-corrected chi connectivity index (χ0v) is 10.6. The maximum atomic E-state index is 5.93. The van der Waals surface area contributed by atoms with Crippen molar-refractivity contribution in [1.29, 1.82) is 0 Å². The van der Waals surface area contributed by atoms with Crippen LogP contribution in [0.25, 0.3) is 0 Å². The van der Waals surface area contributed by atoms with Crippen LogP contribution in [0.1, 0.15) is 5.56 Å². The zero-order valence-electron chi connectivity index (χ0n) is 9.08. The molecule has 0 heterocycles. The van der Waals surface area contributed by atoms with Gasteiger partial charge in [-0.25, -0.2) is 0 Å². The SMILES string of the molecule is Nc1c(Cl)cccc1NCc1ccc(Cl)cc1. The lowest BCUT2D eigenvalue weighted by Crippen LogP contribution is -2.02. The predicted molar refractivity (Wildman–Crippen MR) is 74.6 cm³/mol. The minimum atomic E-state index is 0.561. The largest absolute Gasteiger partial charge is 0.396 e. The van der Waals surface area contributed by atoms with E-state index in [0.717, 1.165) is 16.3 Å². The standard InChI is InChI=1S/C13H12Cl2N2/c14-10-6-4-9(5-7-10)8-17-12-3-1-2-11(15)13(12)16/h1-7,17H,8,16H2. The van der Waals surface area contributed by atoms with E-state index in [1.807, 2.05) is 36.4 Å². The first-order valence-corrected chi connectivity index (χ1v) is 5.95. The second-order valence-corrected chi connectivity index (χ2v) is 4.52. The van der Waals surface area contributed by atoms with Gasteiger partial charge < -0.3 is 11.1 Å². The lowest BCUT2D eigenvalue weighted by atomic mass is 10.2. The van der Waals surface area contributed by atoms with E-state index >= 15 is 0 Å². The van der Waals surface area contributed by atoms with Gasteiger partial charge in [-0.3, -0.25) is 0 Å². The van der Waals surface area contributed by atoms with Crippen molar-refractivity contribution in [3.63, 3.8) is 0 Å². The van der Waals surface area contributed by atoms with Crippen LogP contribution in [0.5, 0.6) is 0 Å². The Balaban J connectivity index is 2.07. The van der Waals surface area contributed by atoms with Crippen LogP contribution in [0, 0.1) is 0 Å². The van der Waals surface area contributed by atoms with Crippen molar-refractivity contribution in [3.05, 3.63) is 58.1 Å². The highest BCUT2D eigenvalue weighted by molar-refractivity contribution is 6.33. The molecule has 0 amide bonds. The molecule has 0 aliphatic carbocycles. The first-order valence-electron chi connectivity index (χ1n) is 5.19. The maximum Gasteiger partial charge on any atom is 0.0739 e. The summed E-state index contributed by atoms with van der Waals surface area (Å²) in [4.78, 5) is 0. The molecule has 2 nitrogen and oxygen atoms in total. The first kappa shape index (κ1) is 12.1. The molecule has 0 atom stereocenters. The van der Waals surface area contributed by atoms with Gasteiger partial charge in [0.15, 0.2) is 0 Å². The number of hydrogen-bond donors (Lipinski definition) is 2. The Morgan fingerprint density at radius 1 is 1.00 bits per heavy atom. The molecular weight excluding hydrogens is 255 g/mol. The molecule has 2 aromatic rings. The summed E-state index contributed by atoms with van der Waals surface area (Å²) in [7, 11) is 0. The van der Waals surface area contributed by atoms with E-state index in [0.29, 0.717) is 17.3 Å². The third kappa shape index (κ3) is 3.05. The minimum Gasteiger partial charge on any atom is -0.396 e. The van der Waals surface area contributed by atoms with Crippen molar-refractivity contribution >= 4 is 34.6 Å². The molecule has 0 saturated carbocycles. The van der Waals surface area contributed by atoms with Gasteiger partial charge in [-0.2, -0.15) is 0 Å². The van der Waals surface area contributed by atoms with Crippen LogP contribution < -0.4 is 11.1 Å². The van der Waals surface area contributed by atoms with Crippen LogP contribution in [-0.4, -0.2) is 0 Å². The molecule has 0 unspecified atom stereocenters. The van der Waals surface area contributed by atoms with E-state index in [2.05, 4.69) is 5.32 Å². The normalized spacial score (nSPS) is 10.2. The number of nitrogens with two attached hydrogens (primary N) is 1. The van der Waals surface area contributed by atoms with Crippen LogP contribution in [-0.2, 0) is 6.54 Å². The highest BCUT2D eigenvalue weighted by Crippen LogP contribution is 2.27. The van der Waals surface area contributed by atoms with Crippen LogP contribution >= 0.6 is 23.2 Å². The highest BCUT2D eigenvalue weighted by atomic mass is 35.5. The van der Waals surface area contributed by atoms with Gasteiger partial charge in [-0.15, -0.1) is 0 Å². The molecule has 0 aliphatic heterocycles. The number of benzene rings is 2. The van der Waals surface area contributed by atoms with Gasteiger partial charge in [0, 0.05) is 11.6 Å². The molecule has 0 saturated heterocycles. The Hall–Kier alpha value is -1.38. The average Bonchev–Trinajstić information content (AvgIpc) is 2.33. The van der Waals surface area contributed by atoms with E-state index < -0.39 is 0 Å². The van der Waals surface area contributed by atoms with Crippen molar-refractivity contribution in [3.8, 4) is 0 Å². The third-order valence-electron chi connectivity index (χ3n) is 2.45. The molecule has 88 valence electrons. The van der Waals surface area contributed by atoms with Crippen LogP contribution in [0.15, 0.2) is 42.5 Å². The summed E-state index contributed by atoms with van der Waals surface area (Å²) < 4.78 is 0. The predicted octanol–water partition coefficient (Wildman–Crippen LogP) is 4.19. The number of nitrogens with one attached hydrogen (secondary N) is 1. The fourth-order valence-electron chi connectivity index (χ4n) is 1.49. The second-order valence-electron chi connectivity index (χ2n) is 3.68. The van der Waals surface area contributed by atoms with Gasteiger partial charge in [0.1, 0.15) is 0 Å². The number of rotatable bonds is 3. The Bertz CT molecular complexity index is 509. The summed E-state index contributed by atoms with van der Waals surface area (Å²) in [5, 5.41) is 4.53. The average molecular weight is 267 g/mol. The second kappa shape index (κ2) is 5.30. The van der Waals surface area contributed by atoms with E-state index in [-0.39, 0.29) is 0 Å². The summed E-state index contributed by atoms with van der Waals surface area (Å²) in [6.45, 7) is 0.682. The lowest BCUT2D eigenvalue weighted by Gasteiger charge is -2.10. The lowest BCUT2D eigenvalue weighted by molar-refractivity contribution is 1.15. The van der Waals surface area contributed by atoms with E-state index in [1.165, 1.54) is 0 Å². The van der Waals surface area contributed by atoms with Crippen LogP contribution in [0.3, 0.4) is 0 Å². The molecule has 2 rings (SSSR count). The molecule has 2 aromatic carbocycles. The molecule has 0 radical (unpaired) electrons. The quantitative estimate of drug-likeness (QED) is 0.818. The fraction of sp³-hybridized carbons (Fsp3) is 0.0769. The van der Waals surface area contributed by atoms with Crippen molar-refractivity contribution in [2.24, 2.45) is 0 Å². The number of anilines is 2. The van der Waals surface area contributed by atoms with Crippen molar-refractivity contribution in [1.82, 2.24) is 0 Å². The molecule has 4 heteroatoms. The van der Waals surface area contributed by atoms with Crippen molar-refractivity contribution in [2.75, 3.05) is 11.1 Å². The van der Waals surface area contributed by atoms with Gasteiger partial charge in [0.2, 0.25) is 0 Å². The summed E-state index contributed by atoms with van der Waals surface area (Å²) in [5.41, 5.74) is 8.40. The number of nitrogen functional groups attached to an aromatic ring is 1. The summed E-state index contributed by atoms with van der Waals surface area (Å²) in [6, 6.07) is 13.2. The van der Waals surface area contributed by atoms with Gasteiger partial charge >= 0.3 is 0 Å². The molecule has 0 aromatic heterocycles.